The summed E-state index contributed by atoms with van der Waals surface area (Å²) in [6.45, 7) is 27.5. The zero-order chi connectivity index (χ0) is 29.6. The molecule has 0 heterocycles. The van der Waals surface area contributed by atoms with E-state index < -0.39 is 0 Å². The largest absolute Gasteiger partial charge is 0.0654 e. The molecular weight excluding hydrogens is 468 g/mol. The summed E-state index contributed by atoms with van der Waals surface area (Å²) in [5, 5.41) is 0. The van der Waals surface area contributed by atoms with Gasteiger partial charge < -0.3 is 0 Å². The number of benzene rings is 1. The summed E-state index contributed by atoms with van der Waals surface area (Å²) >= 11 is 0. The van der Waals surface area contributed by atoms with Crippen molar-refractivity contribution >= 4 is 0 Å². The lowest BCUT2D eigenvalue weighted by Crippen LogP contribution is -2.44. The van der Waals surface area contributed by atoms with Gasteiger partial charge in [-0.1, -0.05) is 177 Å². The smallest absolute Gasteiger partial charge is 0.00726 e. The Labute approximate surface area is 247 Å². The Kier molecular flexibility index (Phi) is 15.4. The van der Waals surface area contributed by atoms with Crippen LogP contribution in [0.25, 0.3) is 0 Å². The second-order valence-electron chi connectivity index (χ2n) is 14.3. The molecule has 0 fully saturated rings. The first kappa shape index (κ1) is 36.2. The van der Waals surface area contributed by atoms with Gasteiger partial charge in [-0.05, 0) is 71.2 Å². The normalized spacial score (nSPS) is 14.9. The lowest BCUT2D eigenvalue weighted by molar-refractivity contribution is -0.0236. The molecule has 0 bridgehead atoms. The molecule has 0 aliphatic rings. The number of hydrogen-bond acceptors (Lipinski definition) is 0. The number of unbranched alkanes of at least 4 members (excludes halogenated alkanes) is 2. The zero-order valence-electron chi connectivity index (χ0n) is 28.9. The average Bonchev–Trinajstić information content (AvgIpc) is 2.99. The van der Waals surface area contributed by atoms with Crippen molar-refractivity contribution in [2.75, 3.05) is 0 Å². The highest BCUT2D eigenvalue weighted by Crippen LogP contribution is 2.60. The molecule has 0 aromatic heterocycles. The molecule has 0 saturated heterocycles. The third-order valence-electron chi connectivity index (χ3n) is 12.6. The lowest BCUT2D eigenvalue weighted by atomic mass is 9.50. The van der Waals surface area contributed by atoms with Crippen LogP contribution in [0.2, 0.25) is 0 Å². The lowest BCUT2D eigenvalue weighted by Gasteiger charge is -2.55. The van der Waals surface area contributed by atoms with E-state index in [1.807, 2.05) is 0 Å². The van der Waals surface area contributed by atoms with E-state index in [1.54, 1.807) is 5.56 Å². The van der Waals surface area contributed by atoms with Gasteiger partial charge in [-0.3, -0.25) is 0 Å². The van der Waals surface area contributed by atoms with Crippen LogP contribution in [0.5, 0.6) is 0 Å². The topological polar surface area (TPSA) is 0 Å². The first-order chi connectivity index (χ1) is 18.5. The minimum atomic E-state index is 0.208. The molecular formula is C39H72. The Hall–Kier alpha value is -0.780. The second kappa shape index (κ2) is 16.6. The molecule has 1 aromatic carbocycles. The van der Waals surface area contributed by atoms with Crippen LogP contribution in [-0.2, 0) is 5.41 Å². The van der Waals surface area contributed by atoms with Crippen molar-refractivity contribution in [2.45, 2.75) is 191 Å². The summed E-state index contributed by atoms with van der Waals surface area (Å²) in [6.07, 6.45) is 22.9. The van der Waals surface area contributed by atoms with Crippen molar-refractivity contribution in [3.05, 3.63) is 35.9 Å². The minimum Gasteiger partial charge on any atom is -0.0654 e. The fourth-order valence-electron chi connectivity index (χ4n) is 8.80. The van der Waals surface area contributed by atoms with E-state index in [-0.39, 0.29) is 5.41 Å². The van der Waals surface area contributed by atoms with Gasteiger partial charge in [-0.2, -0.15) is 0 Å². The van der Waals surface area contributed by atoms with Crippen molar-refractivity contribution in [2.24, 2.45) is 21.7 Å². The third-order valence-corrected chi connectivity index (χ3v) is 12.6. The van der Waals surface area contributed by atoms with Crippen molar-refractivity contribution < 1.29 is 0 Å². The fourth-order valence-corrected chi connectivity index (χ4v) is 8.80. The summed E-state index contributed by atoms with van der Waals surface area (Å²) in [5.74, 6) is 0. The summed E-state index contributed by atoms with van der Waals surface area (Å²) in [4.78, 5) is 0. The number of hydrogen-bond donors (Lipinski definition) is 0. The van der Waals surface area contributed by atoms with E-state index in [9.17, 15) is 0 Å². The van der Waals surface area contributed by atoms with Crippen LogP contribution in [0.4, 0.5) is 0 Å². The molecule has 1 atom stereocenters. The van der Waals surface area contributed by atoms with E-state index >= 15 is 0 Å². The fraction of sp³-hybridized carbons (Fsp3) is 0.846. The minimum absolute atomic E-state index is 0.208. The van der Waals surface area contributed by atoms with Gasteiger partial charge in [-0.25, -0.2) is 0 Å². The van der Waals surface area contributed by atoms with Gasteiger partial charge in [0.1, 0.15) is 0 Å². The Morgan fingerprint density at radius 3 is 1.21 bits per heavy atom. The van der Waals surface area contributed by atoms with Crippen LogP contribution < -0.4 is 0 Å². The molecule has 0 aliphatic heterocycles. The monoisotopic (exact) mass is 541 g/mol. The molecule has 0 amide bonds. The maximum Gasteiger partial charge on any atom is -0.00726 e. The first-order valence-corrected chi connectivity index (χ1v) is 17.6. The molecule has 0 radical (unpaired) electrons. The van der Waals surface area contributed by atoms with Crippen LogP contribution >= 0.6 is 0 Å². The van der Waals surface area contributed by atoms with Gasteiger partial charge in [0, 0.05) is 0 Å². The zero-order valence-corrected chi connectivity index (χ0v) is 28.9. The second-order valence-corrected chi connectivity index (χ2v) is 14.3. The molecule has 1 unspecified atom stereocenters. The van der Waals surface area contributed by atoms with Crippen molar-refractivity contribution in [1.82, 2.24) is 0 Å². The van der Waals surface area contributed by atoms with E-state index in [4.69, 9.17) is 0 Å². The molecule has 1 aromatic rings. The van der Waals surface area contributed by atoms with Crippen LogP contribution in [0.15, 0.2) is 30.3 Å². The van der Waals surface area contributed by atoms with Crippen LogP contribution in [0, 0.1) is 21.7 Å². The number of rotatable bonds is 22. The van der Waals surface area contributed by atoms with E-state index in [0.29, 0.717) is 21.7 Å². The van der Waals surface area contributed by atoms with Gasteiger partial charge >= 0.3 is 0 Å². The summed E-state index contributed by atoms with van der Waals surface area (Å²) in [5.41, 5.74) is 3.48. The Balaban J connectivity index is 3.96. The van der Waals surface area contributed by atoms with Crippen LogP contribution in [0.3, 0.4) is 0 Å². The molecule has 0 aliphatic carbocycles. The van der Waals surface area contributed by atoms with E-state index in [0.717, 1.165) is 0 Å². The quantitative estimate of drug-likeness (QED) is 0.128. The summed E-state index contributed by atoms with van der Waals surface area (Å²) in [7, 11) is 0. The molecule has 0 heteroatoms. The van der Waals surface area contributed by atoms with Gasteiger partial charge in [-0.15, -0.1) is 0 Å². The molecule has 0 spiro atoms. The van der Waals surface area contributed by atoms with Crippen molar-refractivity contribution in [1.29, 1.82) is 0 Å². The summed E-state index contributed by atoms with van der Waals surface area (Å²) in [6, 6.07) is 11.6. The maximum atomic E-state index is 2.62. The first-order valence-electron chi connectivity index (χ1n) is 17.6. The standard InChI is InChI=1S/C39H72/c1-12-22-26-29-38(20-9,21-10)33-39(31-36(14-3,15-4)16-5,32-37(17-6,18-7)19-8)30-35(11,13-2)34-27-24-23-25-28-34/h23-25,27-28H,12-22,26,29-33H2,1-11H3. The molecule has 1 rings (SSSR count). The Morgan fingerprint density at radius 2 is 0.846 bits per heavy atom. The highest BCUT2D eigenvalue weighted by molar-refractivity contribution is 5.25. The van der Waals surface area contributed by atoms with Crippen LogP contribution in [0.1, 0.15) is 191 Å². The highest BCUT2D eigenvalue weighted by atomic mass is 14.5. The molecule has 39 heavy (non-hydrogen) atoms. The predicted octanol–water partition coefficient (Wildman–Crippen LogP) is 13.7. The average molecular weight is 541 g/mol. The predicted molar refractivity (Wildman–Crippen MR) is 179 cm³/mol. The van der Waals surface area contributed by atoms with Gasteiger partial charge in [0.25, 0.3) is 0 Å². The molecule has 0 saturated carbocycles. The van der Waals surface area contributed by atoms with Crippen molar-refractivity contribution in [3.8, 4) is 0 Å². The van der Waals surface area contributed by atoms with E-state index in [2.05, 4.69) is 106 Å². The maximum absolute atomic E-state index is 2.62. The van der Waals surface area contributed by atoms with Crippen LogP contribution in [-0.4, -0.2) is 0 Å². The summed E-state index contributed by atoms with van der Waals surface area (Å²) < 4.78 is 0. The van der Waals surface area contributed by atoms with E-state index in [1.165, 1.54) is 109 Å². The third kappa shape index (κ3) is 9.36. The Bertz CT molecular complexity index is 707. The molecule has 0 nitrogen and oxygen atoms in total. The highest BCUT2D eigenvalue weighted by Gasteiger charge is 2.49. The van der Waals surface area contributed by atoms with Gasteiger partial charge in [0.2, 0.25) is 0 Å². The van der Waals surface area contributed by atoms with Gasteiger partial charge in [0.05, 0.1) is 0 Å². The molecule has 228 valence electrons. The van der Waals surface area contributed by atoms with Crippen molar-refractivity contribution in [3.63, 3.8) is 0 Å². The molecule has 0 N–H and O–H groups in total. The SMILES string of the molecule is CCCCCC(CC)(CC)CC(CC(CC)(CC)CC)(CC(CC)(CC)CC)CC(C)(CC)c1ccccc1. The van der Waals surface area contributed by atoms with Gasteiger partial charge in [0.15, 0.2) is 0 Å². The Morgan fingerprint density at radius 1 is 0.436 bits per heavy atom.